The Morgan fingerprint density at radius 1 is 0.427 bits per heavy atom. The van der Waals surface area contributed by atoms with E-state index in [1.54, 1.807) is 152 Å². The van der Waals surface area contributed by atoms with Gasteiger partial charge in [0.1, 0.15) is 40.7 Å². The van der Waals surface area contributed by atoms with Crippen LogP contribution in [-0.2, 0) is 0 Å². The summed E-state index contributed by atoms with van der Waals surface area (Å²) in [7, 11) is 0. The van der Waals surface area contributed by atoms with Gasteiger partial charge in [0.15, 0.2) is 5.75 Å². The highest BCUT2D eigenvalue weighted by atomic mass is 16.5. The van der Waals surface area contributed by atoms with Crippen molar-refractivity contribution in [2.75, 3.05) is 10.6 Å². The molecule has 75 heavy (non-hydrogen) atoms. The molecule has 0 saturated carbocycles. The summed E-state index contributed by atoms with van der Waals surface area (Å²) < 4.78 is 6.12. The summed E-state index contributed by atoms with van der Waals surface area (Å²) in [6.07, 6.45) is 0. The van der Waals surface area contributed by atoms with Gasteiger partial charge in [0.2, 0.25) is 0 Å². The first-order valence-corrected chi connectivity index (χ1v) is 23.5. The number of nitrogens with one attached hydrogen (secondary N) is 2. The Morgan fingerprint density at radius 3 is 1.43 bits per heavy atom. The second-order valence-corrected chi connectivity index (χ2v) is 17.2. The number of phenols is 2. The van der Waals surface area contributed by atoms with Crippen molar-refractivity contribution in [1.82, 2.24) is 0 Å². The number of amides is 2. The highest BCUT2D eigenvalue weighted by molar-refractivity contribution is 6.13. The Kier molecular flexibility index (Phi) is 14.0. The fraction of sp³-hybridized carbons (Fsp3) is 0.0333. The Hall–Kier alpha value is -10.5. The molecule has 364 valence electrons. The molecule has 15 nitrogen and oxygen atoms in total. The van der Waals surface area contributed by atoms with Crippen molar-refractivity contribution in [2.45, 2.75) is 12.1 Å². The number of hydrogen-bond acceptors (Lipinski definition) is 13. The molecule has 0 saturated heterocycles. The zero-order chi connectivity index (χ0) is 51.7. The van der Waals surface area contributed by atoms with E-state index in [9.17, 15) is 29.6 Å². The van der Waals surface area contributed by atoms with Gasteiger partial charge in [0.05, 0.1) is 16.9 Å². The first kappa shape index (κ1) is 48.1. The number of para-hydroxylation sites is 2. The number of fused-ring (bicyclic) bond motifs is 2. The molecule has 0 aliphatic carbocycles. The van der Waals surface area contributed by atoms with Crippen molar-refractivity contribution in [3.63, 3.8) is 0 Å². The summed E-state index contributed by atoms with van der Waals surface area (Å²) in [5.41, 5.74) is 4.48. The molecule has 2 atom stereocenters. The van der Waals surface area contributed by atoms with Gasteiger partial charge >= 0.3 is 0 Å². The van der Waals surface area contributed by atoms with E-state index < -0.39 is 23.7 Å². The average Bonchev–Trinajstić information content (AvgIpc) is 3.45. The molecule has 0 aliphatic rings. The lowest BCUT2D eigenvalue weighted by Crippen LogP contribution is -2.13. The molecule has 2 unspecified atom stereocenters. The van der Waals surface area contributed by atoms with Crippen LogP contribution >= 0.6 is 0 Å². The Morgan fingerprint density at radius 2 is 0.893 bits per heavy atom. The number of nitroso groups, excluding NO2 is 2. The summed E-state index contributed by atoms with van der Waals surface area (Å²) in [4.78, 5) is 51.5. The van der Waals surface area contributed by atoms with Crippen molar-refractivity contribution >= 4 is 67.5 Å². The van der Waals surface area contributed by atoms with Gasteiger partial charge in [-0.3, -0.25) is 9.59 Å². The van der Waals surface area contributed by atoms with Gasteiger partial charge in [-0.15, -0.1) is 20.0 Å². The van der Waals surface area contributed by atoms with Gasteiger partial charge < -0.3 is 25.6 Å². The molecule has 0 bridgehead atoms. The maximum atomic E-state index is 13.6. The minimum atomic E-state index is -1.07. The van der Waals surface area contributed by atoms with Crippen LogP contribution in [0.4, 0.5) is 34.1 Å². The van der Waals surface area contributed by atoms with Crippen LogP contribution in [0.3, 0.4) is 0 Å². The molecule has 0 radical (unpaired) electrons. The van der Waals surface area contributed by atoms with Gasteiger partial charge in [-0.25, -0.2) is 0 Å². The Labute approximate surface area is 428 Å². The quantitative estimate of drug-likeness (QED) is 0.0542. The third-order valence-electron chi connectivity index (χ3n) is 12.3. The van der Waals surface area contributed by atoms with E-state index in [1.165, 1.54) is 6.07 Å². The van der Waals surface area contributed by atoms with E-state index in [2.05, 4.69) is 41.4 Å². The van der Waals surface area contributed by atoms with E-state index in [-0.39, 0.29) is 34.2 Å². The molecule has 0 heterocycles. The van der Waals surface area contributed by atoms with Crippen LogP contribution in [0, 0.1) is 9.81 Å². The first-order chi connectivity index (χ1) is 36.7. The lowest BCUT2D eigenvalue weighted by atomic mass is 9.92. The SMILES string of the molecule is O=NC(c1ccccc1)c1ccc2c(N=Nc3ccc(Oc4ccc(N=Nc5c(O)c(C(=O)Nc6ccccc6)cc6cc(C(=O)Nc7ccccc7)ccc56)cc4)cc3)c(O)c(C(N=O)c3ccccc3)cc2c1. The van der Waals surface area contributed by atoms with Crippen LogP contribution < -0.4 is 15.4 Å². The number of anilines is 2. The lowest BCUT2D eigenvalue weighted by molar-refractivity contribution is 0.101. The number of hydrogen-bond donors (Lipinski definition) is 4. The monoisotopic (exact) mass is 986 g/mol. The van der Waals surface area contributed by atoms with Crippen LogP contribution in [-0.4, -0.2) is 22.0 Å². The predicted molar refractivity (Wildman–Crippen MR) is 289 cm³/mol. The summed E-state index contributed by atoms with van der Waals surface area (Å²) >= 11 is 0. The van der Waals surface area contributed by atoms with Crippen LogP contribution in [0.2, 0.25) is 0 Å². The van der Waals surface area contributed by atoms with Gasteiger partial charge in [0.25, 0.3) is 11.8 Å². The standard InChI is InChI=1S/C60H42N8O7/c69-57-51(54(68-74)38-15-7-2-8-16-38)35-41-33-39(53(67-73)37-13-5-1-6-14-37)21-31-49(41)55(57)65-63-45-23-27-47(28-24-45)75-48-29-25-46(26-30-48)64-66-56-50-32-22-40(59(71)61-43-17-9-3-10-18-43)34-42(50)36-52(58(56)70)60(72)62-44-19-11-4-12-20-44/h1-36,53-54,69-70H,(H,61,71)(H,62,72). The molecule has 0 fully saturated rings. The normalized spacial score (nSPS) is 12.1. The summed E-state index contributed by atoms with van der Waals surface area (Å²) in [6, 6.07) is 60.9. The fourth-order valence-corrected chi connectivity index (χ4v) is 8.53. The average molecular weight is 987 g/mol. The molecule has 0 spiro atoms. The summed E-state index contributed by atoms with van der Waals surface area (Å²) in [5, 5.41) is 55.6. The summed E-state index contributed by atoms with van der Waals surface area (Å²) in [6.45, 7) is 0. The third-order valence-corrected chi connectivity index (χ3v) is 12.3. The number of carbonyl (C=O) groups is 2. The molecule has 0 aliphatic heterocycles. The minimum absolute atomic E-state index is 0.0296. The van der Waals surface area contributed by atoms with E-state index >= 15 is 0 Å². The molecule has 15 heteroatoms. The topological polar surface area (TPSA) is 216 Å². The molecule has 10 aromatic carbocycles. The maximum absolute atomic E-state index is 13.6. The highest BCUT2D eigenvalue weighted by Gasteiger charge is 2.25. The summed E-state index contributed by atoms with van der Waals surface area (Å²) in [5.74, 6) is -0.658. The van der Waals surface area contributed by atoms with Crippen molar-refractivity contribution < 1.29 is 24.5 Å². The van der Waals surface area contributed by atoms with Gasteiger partial charge in [0, 0.05) is 33.3 Å². The maximum Gasteiger partial charge on any atom is 0.259 e. The van der Waals surface area contributed by atoms with Crippen molar-refractivity contribution in [3.8, 4) is 23.0 Å². The number of aromatic hydroxyl groups is 2. The van der Waals surface area contributed by atoms with Crippen LogP contribution in [0.1, 0.15) is 55.1 Å². The minimum Gasteiger partial charge on any atom is -0.505 e. The second-order valence-electron chi connectivity index (χ2n) is 17.2. The number of carbonyl (C=O) groups excluding carboxylic acids is 2. The van der Waals surface area contributed by atoms with Gasteiger partial charge in [-0.1, -0.05) is 126 Å². The van der Waals surface area contributed by atoms with Crippen LogP contribution in [0.5, 0.6) is 23.0 Å². The van der Waals surface area contributed by atoms with E-state index in [1.807, 2.05) is 60.7 Å². The number of azo groups is 2. The van der Waals surface area contributed by atoms with Gasteiger partial charge in [-0.05, 0) is 131 Å². The van der Waals surface area contributed by atoms with Crippen LogP contribution in [0.15, 0.2) is 249 Å². The first-order valence-electron chi connectivity index (χ1n) is 23.5. The number of nitrogens with zero attached hydrogens (tertiary/aromatic N) is 6. The fourth-order valence-electron chi connectivity index (χ4n) is 8.53. The van der Waals surface area contributed by atoms with Crippen molar-refractivity contribution in [3.05, 3.63) is 262 Å². The predicted octanol–water partition coefficient (Wildman–Crippen LogP) is 16.2. The lowest BCUT2D eigenvalue weighted by Gasteiger charge is -2.17. The number of benzene rings is 10. The number of rotatable bonds is 16. The molecule has 0 aromatic heterocycles. The highest BCUT2D eigenvalue weighted by Crippen LogP contribution is 2.46. The molecular weight excluding hydrogens is 945 g/mol. The number of phenolic OH excluding ortho intramolecular Hbond substituents is 2. The van der Waals surface area contributed by atoms with Gasteiger partial charge in [-0.2, -0.15) is 10.2 Å². The smallest absolute Gasteiger partial charge is 0.259 e. The molecule has 2 amide bonds. The van der Waals surface area contributed by atoms with Crippen LogP contribution in [0.25, 0.3) is 21.5 Å². The largest absolute Gasteiger partial charge is 0.505 e. The molecule has 10 rings (SSSR count). The Balaban J connectivity index is 0.888. The number of ether oxygens (including phenoxy) is 1. The Bertz CT molecular complexity index is 3790. The van der Waals surface area contributed by atoms with Crippen molar-refractivity contribution in [1.29, 1.82) is 0 Å². The van der Waals surface area contributed by atoms with E-state index in [0.717, 1.165) is 0 Å². The second kappa shape index (κ2) is 21.8. The van der Waals surface area contributed by atoms with Crippen molar-refractivity contribution in [2.24, 2.45) is 30.8 Å². The molecule has 10 aromatic rings. The third kappa shape index (κ3) is 10.7. The van der Waals surface area contributed by atoms with E-state index in [4.69, 9.17) is 4.74 Å². The molecular formula is C60H42N8O7. The zero-order valence-electron chi connectivity index (χ0n) is 39.6. The molecule has 4 N–H and O–H groups in total. The zero-order valence-corrected chi connectivity index (χ0v) is 39.6. The van der Waals surface area contributed by atoms with E-state index in [0.29, 0.717) is 78.0 Å².